The summed E-state index contributed by atoms with van der Waals surface area (Å²) in [5.41, 5.74) is 3.97. The van der Waals surface area contributed by atoms with Gasteiger partial charge in [-0.25, -0.2) is 4.39 Å². The summed E-state index contributed by atoms with van der Waals surface area (Å²) < 4.78 is 25.1. The van der Waals surface area contributed by atoms with E-state index in [1.165, 1.54) is 37.9 Å². The minimum absolute atomic E-state index is 0. The summed E-state index contributed by atoms with van der Waals surface area (Å²) in [5.74, 6) is 2.05. The third kappa shape index (κ3) is 7.31. The Hall–Kier alpha value is -1.93. The molecule has 0 amide bonds. The molecule has 1 saturated heterocycles. The fourth-order valence-corrected chi connectivity index (χ4v) is 4.87. The lowest BCUT2D eigenvalue weighted by molar-refractivity contribution is 0.170. The summed E-state index contributed by atoms with van der Waals surface area (Å²) in [6.45, 7) is 4.47. The van der Waals surface area contributed by atoms with Gasteiger partial charge in [-0.1, -0.05) is 5.16 Å². The van der Waals surface area contributed by atoms with Crippen LogP contribution in [0.3, 0.4) is 0 Å². The molecule has 3 aromatic rings. The molecule has 1 aliphatic heterocycles. The molecule has 0 radical (unpaired) electrons. The number of pyridine rings is 1. The van der Waals surface area contributed by atoms with E-state index in [0.29, 0.717) is 11.8 Å². The Kier molecular flexibility index (Phi) is 10.4. The molecule has 6 nitrogen and oxygen atoms in total. The van der Waals surface area contributed by atoms with Crippen LogP contribution in [0.25, 0.3) is 11.0 Å². The molecule has 36 heavy (non-hydrogen) atoms. The van der Waals surface area contributed by atoms with Crippen molar-refractivity contribution in [3.63, 3.8) is 0 Å². The van der Waals surface area contributed by atoms with Gasteiger partial charge in [-0.3, -0.25) is 9.88 Å². The average molecular weight is 540 g/mol. The molecule has 0 spiro atoms. The fourth-order valence-electron chi connectivity index (χ4n) is 4.87. The van der Waals surface area contributed by atoms with Gasteiger partial charge < -0.3 is 14.2 Å². The van der Waals surface area contributed by atoms with Crippen molar-refractivity contribution in [1.82, 2.24) is 19.9 Å². The van der Waals surface area contributed by atoms with E-state index < -0.39 is 0 Å². The van der Waals surface area contributed by atoms with Crippen molar-refractivity contribution in [2.45, 2.75) is 51.6 Å². The number of piperidine rings is 1. The van der Waals surface area contributed by atoms with Gasteiger partial charge in [0.05, 0.1) is 29.8 Å². The zero-order valence-corrected chi connectivity index (χ0v) is 22.8. The number of aryl methyl sites for hydroxylation is 1. The minimum atomic E-state index is -0.279. The van der Waals surface area contributed by atoms with E-state index >= 15 is 0 Å². The minimum Gasteiger partial charge on any atom is -0.493 e. The molecule has 1 aliphatic carbocycles. The molecule has 9 heteroatoms. The van der Waals surface area contributed by atoms with Crippen LogP contribution in [0, 0.1) is 17.7 Å². The number of halogens is 3. The van der Waals surface area contributed by atoms with Gasteiger partial charge in [-0.2, -0.15) is 0 Å². The lowest BCUT2D eigenvalue weighted by Gasteiger charge is -2.31. The molecule has 3 heterocycles. The normalized spacial score (nSPS) is 16.7. The van der Waals surface area contributed by atoms with Crippen molar-refractivity contribution in [3.8, 4) is 5.75 Å². The maximum atomic E-state index is 13.1. The summed E-state index contributed by atoms with van der Waals surface area (Å²) >= 11 is 0. The molecule has 0 unspecified atom stereocenters. The summed E-state index contributed by atoms with van der Waals surface area (Å²) in [5, 5.41) is 5.60. The third-order valence-electron chi connectivity index (χ3n) is 7.09. The van der Waals surface area contributed by atoms with Gasteiger partial charge in [0.15, 0.2) is 5.58 Å². The second-order valence-corrected chi connectivity index (χ2v) is 10.3. The number of hydrogen-bond acceptors (Lipinski definition) is 6. The molecule has 0 N–H and O–H groups in total. The number of benzene rings is 1. The first-order valence-electron chi connectivity index (χ1n) is 12.6. The molecule has 1 saturated carbocycles. The Balaban J connectivity index is 0.00000180. The number of nitrogens with zero attached hydrogens (tertiary/aromatic N) is 4. The number of hydrogen-bond donors (Lipinski definition) is 0. The quantitative estimate of drug-likeness (QED) is 0.320. The molecule has 1 aromatic carbocycles. The Morgan fingerprint density at radius 1 is 1.06 bits per heavy atom. The predicted octanol–water partition coefficient (Wildman–Crippen LogP) is 5.90. The van der Waals surface area contributed by atoms with Crippen LogP contribution < -0.4 is 4.74 Å². The highest BCUT2D eigenvalue weighted by Gasteiger charge is 2.24. The van der Waals surface area contributed by atoms with Gasteiger partial charge in [0.1, 0.15) is 11.6 Å². The monoisotopic (exact) mass is 538 g/mol. The zero-order chi connectivity index (χ0) is 23.5. The first-order chi connectivity index (χ1) is 16.5. The van der Waals surface area contributed by atoms with E-state index in [1.54, 1.807) is 6.07 Å². The zero-order valence-electron chi connectivity index (χ0n) is 21.1. The summed E-state index contributed by atoms with van der Waals surface area (Å²) in [6.07, 6.45) is 8.24. The van der Waals surface area contributed by atoms with Crippen molar-refractivity contribution in [1.29, 1.82) is 0 Å². The molecule has 0 bridgehead atoms. The highest BCUT2D eigenvalue weighted by atomic mass is 35.5. The van der Waals surface area contributed by atoms with Crippen LogP contribution in [-0.2, 0) is 19.5 Å². The number of likely N-dealkylation sites (tertiary alicyclic amines) is 1. The Bertz CT molecular complexity index is 1100. The summed E-state index contributed by atoms with van der Waals surface area (Å²) in [6, 6.07) is 7.50. The maximum Gasteiger partial charge on any atom is 0.175 e. The first kappa shape index (κ1) is 28.6. The van der Waals surface area contributed by atoms with Gasteiger partial charge in [0, 0.05) is 18.5 Å². The third-order valence-corrected chi connectivity index (χ3v) is 7.09. The van der Waals surface area contributed by atoms with Crippen molar-refractivity contribution in [3.05, 3.63) is 53.2 Å². The molecule has 2 aromatic heterocycles. The number of ether oxygens (including phenoxy) is 1. The molecule has 198 valence electrons. The van der Waals surface area contributed by atoms with Gasteiger partial charge >= 0.3 is 0 Å². The van der Waals surface area contributed by atoms with E-state index in [9.17, 15) is 4.39 Å². The van der Waals surface area contributed by atoms with Crippen LogP contribution >= 0.6 is 24.8 Å². The topological polar surface area (TPSA) is 54.6 Å². The average Bonchev–Trinajstić information content (AvgIpc) is 3.57. The van der Waals surface area contributed by atoms with Crippen molar-refractivity contribution in [2.75, 3.05) is 33.8 Å². The van der Waals surface area contributed by atoms with Crippen molar-refractivity contribution in [2.24, 2.45) is 11.8 Å². The van der Waals surface area contributed by atoms with Crippen molar-refractivity contribution >= 4 is 35.8 Å². The largest absolute Gasteiger partial charge is 0.493 e. The second kappa shape index (κ2) is 13.0. The number of aromatic nitrogens is 2. The van der Waals surface area contributed by atoms with Crippen LogP contribution in [0.4, 0.5) is 4.39 Å². The van der Waals surface area contributed by atoms with Crippen LogP contribution in [-0.4, -0.2) is 53.7 Å². The lowest BCUT2D eigenvalue weighted by Crippen LogP contribution is -2.33. The van der Waals surface area contributed by atoms with E-state index in [0.717, 1.165) is 79.3 Å². The van der Waals surface area contributed by atoms with E-state index in [2.05, 4.69) is 46.2 Å². The highest BCUT2D eigenvalue weighted by molar-refractivity contribution is 5.86. The van der Waals surface area contributed by atoms with Crippen LogP contribution in [0.5, 0.6) is 5.75 Å². The molecular weight excluding hydrogens is 502 g/mol. The van der Waals surface area contributed by atoms with Crippen molar-refractivity contribution < 1.29 is 13.7 Å². The van der Waals surface area contributed by atoms with E-state index in [1.807, 2.05) is 0 Å². The van der Waals surface area contributed by atoms with E-state index in [-0.39, 0.29) is 30.6 Å². The van der Waals surface area contributed by atoms with Gasteiger partial charge in [-0.15, -0.1) is 24.8 Å². The highest BCUT2D eigenvalue weighted by Crippen LogP contribution is 2.35. The molecule has 5 rings (SSSR count). The molecular formula is C27H37Cl2FN4O2. The van der Waals surface area contributed by atoms with Gasteiger partial charge in [0.2, 0.25) is 0 Å². The Morgan fingerprint density at radius 2 is 1.83 bits per heavy atom. The van der Waals surface area contributed by atoms with Crippen LogP contribution in [0.1, 0.15) is 49.1 Å². The SMILES string of the molecule is CN(C)Cc1c(OCC2CC2)ccc2c(CCC3CCN(Cc4ccc(F)cn4)CC3)noc12.Cl.Cl. The predicted molar refractivity (Wildman–Crippen MR) is 145 cm³/mol. The van der Waals surface area contributed by atoms with Gasteiger partial charge in [-0.05, 0) is 102 Å². The summed E-state index contributed by atoms with van der Waals surface area (Å²) in [4.78, 5) is 8.76. The molecule has 2 fully saturated rings. The smallest absolute Gasteiger partial charge is 0.175 e. The first-order valence-corrected chi connectivity index (χ1v) is 12.6. The van der Waals surface area contributed by atoms with Crippen LogP contribution in [0.2, 0.25) is 0 Å². The lowest BCUT2D eigenvalue weighted by atomic mass is 9.91. The van der Waals surface area contributed by atoms with Gasteiger partial charge in [0.25, 0.3) is 0 Å². The Labute approximate surface area is 225 Å². The fraction of sp³-hybridized carbons (Fsp3) is 0.556. The summed E-state index contributed by atoms with van der Waals surface area (Å²) in [7, 11) is 4.14. The standard InChI is InChI=1S/C27H35FN4O2.2ClH/c1-31(2)17-24-26(33-18-20-3-4-20)10-8-23-25(30-34-27(23)24)9-5-19-11-13-32(14-12-19)16-22-7-6-21(28)15-29-22;;/h6-8,10,15,19-20H,3-5,9,11-14,16-18H2,1-2H3;2*1H. The molecule has 2 aliphatic rings. The maximum absolute atomic E-state index is 13.1. The second-order valence-electron chi connectivity index (χ2n) is 10.3. The molecule has 0 atom stereocenters. The van der Waals surface area contributed by atoms with Crippen LogP contribution in [0.15, 0.2) is 35.0 Å². The Morgan fingerprint density at radius 3 is 2.50 bits per heavy atom. The van der Waals surface area contributed by atoms with E-state index in [4.69, 9.17) is 9.26 Å². The number of rotatable bonds is 10. The number of fused-ring (bicyclic) bond motifs is 1.